The van der Waals surface area contributed by atoms with Crippen LogP contribution in [0.15, 0.2) is 146 Å². The van der Waals surface area contributed by atoms with Crippen molar-refractivity contribution >= 4 is 0 Å². The lowest BCUT2D eigenvalue weighted by Gasteiger charge is -2.31. The van der Waals surface area contributed by atoms with Crippen molar-refractivity contribution in [3.05, 3.63) is 212 Å². The molecule has 0 amide bonds. The first-order valence-electron chi connectivity index (χ1n) is 25.5. The van der Waals surface area contributed by atoms with Gasteiger partial charge in [0.25, 0.3) is 0 Å². The molecule has 0 aliphatic heterocycles. The first-order valence-corrected chi connectivity index (χ1v) is 25.5. The number of hydrogen-bond donors (Lipinski definition) is 4. The minimum Gasteiger partial charge on any atom is -0.507 e. The second-order valence-electron chi connectivity index (χ2n) is 18.4. The second kappa shape index (κ2) is 22.9. The molecule has 0 heterocycles. The topological polar surface area (TPSA) is 155 Å². The summed E-state index contributed by atoms with van der Waals surface area (Å²) >= 11 is 0. The van der Waals surface area contributed by atoms with Gasteiger partial charge in [-0.3, -0.25) is 0 Å². The number of ether oxygens (including phenoxy) is 8. The SMILES string of the molecule is CCOc1cc(O)c2cc1C(c1ccc(OC)cc1)c1cc(c(O)cc1OCC)C(c1ccc(OC)cc1)c1cc(c(OCC)cc1O)C(c1ccc(OC)cc1)c1cc(c(O)cc1OCC)C2c1ccc(OC)cc1. The van der Waals surface area contributed by atoms with E-state index >= 15 is 0 Å². The number of phenols is 4. The van der Waals surface area contributed by atoms with E-state index < -0.39 is 23.7 Å². The predicted molar refractivity (Wildman–Crippen MR) is 293 cm³/mol. The molecule has 0 fully saturated rings. The van der Waals surface area contributed by atoms with E-state index in [1.54, 1.807) is 52.7 Å². The van der Waals surface area contributed by atoms with E-state index in [1.807, 2.05) is 149 Å². The van der Waals surface area contributed by atoms with Crippen molar-refractivity contribution in [2.75, 3.05) is 54.9 Å². The summed E-state index contributed by atoms with van der Waals surface area (Å²) in [5, 5.41) is 50.6. The third-order valence-corrected chi connectivity index (χ3v) is 14.1. The van der Waals surface area contributed by atoms with Crippen LogP contribution in [-0.4, -0.2) is 75.3 Å². The molecule has 12 nitrogen and oxygen atoms in total. The molecule has 8 aromatic rings. The number of aromatic hydroxyl groups is 4. The van der Waals surface area contributed by atoms with Crippen molar-refractivity contribution in [3.8, 4) is 69.0 Å². The molecule has 76 heavy (non-hydrogen) atoms. The Hall–Kier alpha value is -8.64. The Balaban J connectivity index is 1.52. The maximum Gasteiger partial charge on any atom is 0.127 e. The van der Waals surface area contributed by atoms with Crippen LogP contribution in [0.3, 0.4) is 0 Å². The molecular formula is C64H64O12. The summed E-state index contributed by atoms with van der Waals surface area (Å²) in [4.78, 5) is 0. The lowest BCUT2D eigenvalue weighted by molar-refractivity contribution is 0.328. The maximum atomic E-state index is 12.6. The van der Waals surface area contributed by atoms with Gasteiger partial charge in [0.2, 0.25) is 0 Å². The number of hydrogen-bond acceptors (Lipinski definition) is 12. The fraction of sp³-hybridized carbons (Fsp3) is 0.250. The Kier molecular flexibility index (Phi) is 15.7. The lowest BCUT2D eigenvalue weighted by Crippen LogP contribution is -2.15. The molecule has 12 heteroatoms. The Morgan fingerprint density at radius 3 is 0.632 bits per heavy atom. The van der Waals surface area contributed by atoms with E-state index in [2.05, 4.69) is 0 Å². The molecule has 0 atom stereocenters. The van der Waals surface area contributed by atoms with Crippen molar-refractivity contribution in [2.24, 2.45) is 0 Å². The molecule has 392 valence electrons. The summed E-state index contributed by atoms with van der Waals surface area (Å²) < 4.78 is 48.7. The van der Waals surface area contributed by atoms with Crippen molar-refractivity contribution < 1.29 is 58.3 Å². The lowest BCUT2D eigenvalue weighted by atomic mass is 9.75. The largest absolute Gasteiger partial charge is 0.507 e. The average Bonchev–Trinajstić information content (AvgIpc) is 3.44. The van der Waals surface area contributed by atoms with Gasteiger partial charge in [0.1, 0.15) is 69.0 Å². The van der Waals surface area contributed by atoms with Crippen molar-refractivity contribution in [1.29, 1.82) is 0 Å². The van der Waals surface area contributed by atoms with Gasteiger partial charge in [-0.2, -0.15) is 0 Å². The molecule has 1 aliphatic carbocycles. The highest BCUT2D eigenvalue weighted by Gasteiger charge is 2.36. The average molecular weight is 1030 g/mol. The zero-order chi connectivity index (χ0) is 53.6. The maximum absolute atomic E-state index is 12.6. The smallest absolute Gasteiger partial charge is 0.127 e. The van der Waals surface area contributed by atoms with Gasteiger partial charge in [0.15, 0.2) is 0 Å². The van der Waals surface area contributed by atoms with E-state index in [0.717, 1.165) is 22.3 Å². The van der Waals surface area contributed by atoms with E-state index in [9.17, 15) is 20.4 Å². The van der Waals surface area contributed by atoms with Gasteiger partial charge in [-0.15, -0.1) is 0 Å². The molecule has 9 rings (SSSR count). The van der Waals surface area contributed by atoms with Gasteiger partial charge in [-0.1, -0.05) is 48.5 Å². The molecule has 4 N–H and O–H groups in total. The number of methoxy groups -OCH3 is 4. The molecule has 0 saturated carbocycles. The first-order chi connectivity index (χ1) is 37.0. The Labute approximate surface area is 444 Å². The summed E-state index contributed by atoms with van der Waals surface area (Å²) in [6, 6.07) is 44.9. The van der Waals surface area contributed by atoms with Gasteiger partial charge in [0.05, 0.1) is 54.9 Å². The van der Waals surface area contributed by atoms with Gasteiger partial charge in [-0.25, -0.2) is 0 Å². The first kappa shape index (κ1) is 52.2. The quantitative estimate of drug-likeness (QED) is 0.0728. The molecule has 0 saturated heterocycles. The highest BCUT2D eigenvalue weighted by Crippen LogP contribution is 2.54. The summed E-state index contributed by atoms with van der Waals surface area (Å²) in [7, 11) is 6.43. The van der Waals surface area contributed by atoms with Crippen LogP contribution in [0.25, 0.3) is 0 Å². The summed E-state index contributed by atoms with van der Waals surface area (Å²) in [5.41, 5.74) is 7.48. The molecular weight excluding hydrogens is 961 g/mol. The second-order valence-corrected chi connectivity index (χ2v) is 18.4. The standard InChI is InChI=1S/C64H64O12/c1-9-73-57-33-53(65)45-29-49(57)63(39-17-25-43(71-7)26-18-39)50-30-46(54(66)34-58(50)74-10-2)62(38-15-23-42(70-6)24-16-38)48-32-52(60(76-12-4)36-56(48)68)64(40-19-27-44(72-8)28-20-40)51-31-47(55(67)35-59(51)75-11-3)61(45)37-13-21-41(69-5)22-14-37/h13-36,61-68H,9-12H2,1-8H3. The summed E-state index contributed by atoms with van der Waals surface area (Å²) in [5.74, 6) is 0.697. The van der Waals surface area contributed by atoms with E-state index in [1.165, 1.54) is 0 Å². The van der Waals surface area contributed by atoms with Gasteiger partial charge in [0, 0.05) is 92.4 Å². The van der Waals surface area contributed by atoms with Crippen molar-refractivity contribution in [2.45, 2.75) is 51.4 Å². The normalized spacial score (nSPS) is 15.8. The van der Waals surface area contributed by atoms with E-state index in [0.29, 0.717) is 90.5 Å². The van der Waals surface area contributed by atoms with Crippen LogP contribution < -0.4 is 37.9 Å². The minimum atomic E-state index is -0.835. The third kappa shape index (κ3) is 10.1. The van der Waals surface area contributed by atoms with Crippen LogP contribution in [0.5, 0.6) is 69.0 Å². The Morgan fingerprint density at radius 2 is 0.461 bits per heavy atom. The molecule has 8 bridgehead atoms. The highest BCUT2D eigenvalue weighted by atomic mass is 16.5. The van der Waals surface area contributed by atoms with E-state index in [-0.39, 0.29) is 49.4 Å². The van der Waals surface area contributed by atoms with Gasteiger partial charge < -0.3 is 58.3 Å². The number of rotatable bonds is 16. The highest BCUT2D eigenvalue weighted by molar-refractivity contribution is 5.68. The van der Waals surface area contributed by atoms with Crippen LogP contribution in [0.2, 0.25) is 0 Å². The zero-order valence-corrected chi connectivity index (χ0v) is 44.0. The number of benzene rings is 8. The van der Waals surface area contributed by atoms with Crippen molar-refractivity contribution in [1.82, 2.24) is 0 Å². The zero-order valence-electron chi connectivity index (χ0n) is 44.0. The number of phenolic OH excluding ortho intramolecular Hbond substituents is 4. The Bertz CT molecular complexity index is 2950. The monoisotopic (exact) mass is 1020 g/mol. The third-order valence-electron chi connectivity index (χ3n) is 14.1. The summed E-state index contributed by atoms with van der Waals surface area (Å²) in [6.07, 6.45) is 0. The molecule has 1 aliphatic rings. The number of fused-ring (bicyclic) bond motifs is 8. The van der Waals surface area contributed by atoms with Gasteiger partial charge >= 0.3 is 0 Å². The van der Waals surface area contributed by atoms with Gasteiger partial charge in [-0.05, 0) is 123 Å². The van der Waals surface area contributed by atoms with Crippen molar-refractivity contribution in [3.63, 3.8) is 0 Å². The molecule has 0 aromatic heterocycles. The predicted octanol–water partition coefficient (Wildman–Crippen LogP) is 13.2. The van der Waals surface area contributed by atoms with Crippen LogP contribution in [0.1, 0.15) is 118 Å². The fourth-order valence-corrected chi connectivity index (χ4v) is 10.7. The van der Waals surface area contributed by atoms with Crippen LogP contribution >= 0.6 is 0 Å². The molecule has 0 spiro atoms. The molecule has 0 unspecified atom stereocenters. The molecule has 0 radical (unpaired) electrons. The van der Waals surface area contributed by atoms with Crippen LogP contribution in [0.4, 0.5) is 0 Å². The summed E-state index contributed by atoms with van der Waals surface area (Å²) in [6.45, 7) is 8.58. The fourth-order valence-electron chi connectivity index (χ4n) is 10.7. The van der Waals surface area contributed by atoms with Crippen LogP contribution in [0, 0.1) is 0 Å². The Morgan fingerprint density at radius 1 is 0.276 bits per heavy atom. The molecule has 8 aromatic carbocycles. The van der Waals surface area contributed by atoms with Crippen LogP contribution in [-0.2, 0) is 0 Å². The van der Waals surface area contributed by atoms with E-state index in [4.69, 9.17) is 37.9 Å². The minimum absolute atomic E-state index is 0.0815.